The Morgan fingerprint density at radius 3 is 1.66 bits per heavy atom. The molecule has 0 saturated carbocycles. The smallest absolute Gasteiger partial charge is 0.164 e. The lowest BCUT2D eigenvalue weighted by atomic mass is 10.0. The maximum Gasteiger partial charge on any atom is 0.164 e. The zero-order valence-corrected chi connectivity index (χ0v) is 31.4. The summed E-state index contributed by atoms with van der Waals surface area (Å²) >= 11 is 0. The molecule has 0 bridgehead atoms. The number of hydrogen-bond acceptors (Lipinski definition) is 5. The summed E-state index contributed by atoms with van der Waals surface area (Å²) < 4.78 is 15.4. The summed E-state index contributed by atoms with van der Waals surface area (Å²) in [6, 6.07) is 63.4. The highest BCUT2D eigenvalue weighted by molar-refractivity contribution is 6.17. The predicted molar refractivity (Wildman–Crippen MR) is 240 cm³/mol. The molecule has 0 fully saturated rings. The van der Waals surface area contributed by atoms with E-state index in [-0.39, 0.29) is 0 Å². The second kappa shape index (κ2) is 12.2. The van der Waals surface area contributed by atoms with Crippen LogP contribution in [0.25, 0.3) is 127 Å². The summed E-state index contributed by atoms with van der Waals surface area (Å²) in [4.78, 5) is 15.7. The van der Waals surface area contributed by atoms with Crippen LogP contribution in [0.15, 0.2) is 191 Å². The average Bonchev–Trinajstić information content (AvgIpc) is 3.96. The van der Waals surface area contributed by atoms with E-state index in [0.717, 1.165) is 88.1 Å². The van der Waals surface area contributed by atoms with Crippen LogP contribution in [0.3, 0.4) is 0 Å². The molecule has 13 aromatic rings. The number of furan rings is 2. The number of fused-ring (bicyclic) bond motifs is 11. The van der Waals surface area contributed by atoms with E-state index in [1.54, 1.807) is 0 Å². The maximum absolute atomic E-state index is 6.71. The van der Waals surface area contributed by atoms with Crippen LogP contribution in [0.2, 0.25) is 0 Å². The number of para-hydroxylation sites is 3. The van der Waals surface area contributed by atoms with Crippen molar-refractivity contribution in [1.82, 2.24) is 19.5 Å². The fraction of sp³-hybridized carbons (Fsp3) is 0. The molecule has 0 unspecified atom stereocenters. The zero-order chi connectivity index (χ0) is 38.6. The fourth-order valence-electron chi connectivity index (χ4n) is 9.01. The molecular formula is C53H30N4O2. The summed E-state index contributed by atoms with van der Waals surface area (Å²) in [5.74, 6) is 1.67. The van der Waals surface area contributed by atoms with Crippen LogP contribution in [0.1, 0.15) is 0 Å². The van der Waals surface area contributed by atoms with Crippen molar-refractivity contribution >= 4 is 87.2 Å². The van der Waals surface area contributed by atoms with Crippen LogP contribution in [0.4, 0.5) is 0 Å². The molecule has 0 atom stereocenters. The lowest BCUT2D eigenvalue weighted by molar-refractivity contribution is 0.668. The van der Waals surface area contributed by atoms with E-state index in [0.29, 0.717) is 17.5 Å². The highest BCUT2D eigenvalue weighted by atomic mass is 16.3. The van der Waals surface area contributed by atoms with Gasteiger partial charge in [-0.15, -0.1) is 0 Å². The Balaban J connectivity index is 1.10. The molecule has 0 spiro atoms. The third kappa shape index (κ3) is 4.90. The third-order valence-electron chi connectivity index (χ3n) is 11.8. The van der Waals surface area contributed by atoms with Gasteiger partial charge in [0.25, 0.3) is 0 Å². The van der Waals surface area contributed by atoms with Crippen molar-refractivity contribution in [1.29, 1.82) is 0 Å². The Morgan fingerprint density at radius 2 is 0.864 bits per heavy atom. The van der Waals surface area contributed by atoms with Crippen LogP contribution < -0.4 is 0 Å². The van der Waals surface area contributed by atoms with Gasteiger partial charge in [0.2, 0.25) is 0 Å². The first-order valence-corrected chi connectivity index (χ1v) is 19.8. The molecule has 0 aliphatic heterocycles. The number of hydrogen-bond donors (Lipinski definition) is 0. The minimum absolute atomic E-state index is 0.540. The molecule has 9 aromatic carbocycles. The van der Waals surface area contributed by atoms with Gasteiger partial charge in [-0.1, -0.05) is 121 Å². The van der Waals surface area contributed by atoms with Gasteiger partial charge in [0, 0.05) is 43.6 Å². The molecule has 6 nitrogen and oxygen atoms in total. The minimum Gasteiger partial charge on any atom is -0.456 e. The second-order valence-corrected chi connectivity index (χ2v) is 15.2. The van der Waals surface area contributed by atoms with Gasteiger partial charge >= 0.3 is 0 Å². The third-order valence-corrected chi connectivity index (χ3v) is 11.8. The minimum atomic E-state index is 0.540. The molecule has 59 heavy (non-hydrogen) atoms. The molecule has 0 saturated heterocycles. The van der Waals surface area contributed by atoms with Crippen LogP contribution in [0.5, 0.6) is 0 Å². The fourth-order valence-corrected chi connectivity index (χ4v) is 9.01. The molecule has 13 rings (SSSR count). The Kier molecular flexibility index (Phi) is 6.63. The maximum atomic E-state index is 6.71. The van der Waals surface area contributed by atoms with Gasteiger partial charge in [0.05, 0.1) is 22.1 Å². The van der Waals surface area contributed by atoms with E-state index >= 15 is 0 Å². The van der Waals surface area contributed by atoms with Gasteiger partial charge in [0.1, 0.15) is 22.3 Å². The van der Waals surface area contributed by atoms with Gasteiger partial charge in [-0.05, 0) is 82.2 Å². The average molecular weight is 755 g/mol. The van der Waals surface area contributed by atoms with Crippen molar-refractivity contribution in [2.24, 2.45) is 0 Å². The predicted octanol–water partition coefficient (Wildman–Crippen LogP) is 14.1. The quantitative estimate of drug-likeness (QED) is 0.179. The van der Waals surface area contributed by atoms with Crippen molar-refractivity contribution < 1.29 is 8.83 Å². The van der Waals surface area contributed by atoms with Gasteiger partial charge in [-0.3, -0.25) is 0 Å². The van der Waals surface area contributed by atoms with Gasteiger partial charge in [-0.2, -0.15) is 0 Å². The first-order valence-electron chi connectivity index (χ1n) is 19.8. The molecule has 4 aromatic heterocycles. The van der Waals surface area contributed by atoms with Crippen LogP contribution >= 0.6 is 0 Å². The number of aromatic nitrogens is 4. The van der Waals surface area contributed by atoms with Gasteiger partial charge in [-0.25, -0.2) is 15.0 Å². The normalized spacial score (nSPS) is 12.1. The highest BCUT2D eigenvalue weighted by Crippen LogP contribution is 2.42. The van der Waals surface area contributed by atoms with Crippen LogP contribution in [0, 0.1) is 0 Å². The van der Waals surface area contributed by atoms with E-state index in [2.05, 4.69) is 150 Å². The van der Waals surface area contributed by atoms with Gasteiger partial charge < -0.3 is 13.4 Å². The van der Waals surface area contributed by atoms with Crippen molar-refractivity contribution in [3.63, 3.8) is 0 Å². The Bertz CT molecular complexity index is 3870. The van der Waals surface area contributed by atoms with Crippen molar-refractivity contribution in [3.8, 4) is 39.9 Å². The topological polar surface area (TPSA) is 69.9 Å². The number of rotatable bonds is 4. The molecule has 0 aliphatic carbocycles. The lowest BCUT2D eigenvalue weighted by Gasteiger charge is -2.13. The summed E-state index contributed by atoms with van der Waals surface area (Å²) in [6.45, 7) is 0. The molecule has 0 amide bonds. The Morgan fingerprint density at radius 1 is 0.322 bits per heavy atom. The van der Waals surface area contributed by atoms with Crippen molar-refractivity contribution in [3.05, 3.63) is 182 Å². The largest absolute Gasteiger partial charge is 0.456 e. The Hall–Kier alpha value is -8.09. The molecule has 274 valence electrons. The monoisotopic (exact) mass is 754 g/mol. The second-order valence-electron chi connectivity index (χ2n) is 15.2. The molecular weight excluding hydrogens is 725 g/mol. The SMILES string of the molecule is c1ccc2cc(-c3nc(-c4ccc5c(c4)oc4ccccc45)nc(-c4cc(-n5c6ccccc6c6cc7ccccc7cc65)c5c(c4)oc4ccccc45)n3)ccc2c1. The molecule has 6 heteroatoms. The lowest BCUT2D eigenvalue weighted by Crippen LogP contribution is -2.01. The van der Waals surface area contributed by atoms with Gasteiger partial charge in [0.15, 0.2) is 17.5 Å². The number of nitrogens with zero attached hydrogens (tertiary/aromatic N) is 4. The number of benzene rings is 9. The van der Waals surface area contributed by atoms with Crippen molar-refractivity contribution in [2.75, 3.05) is 0 Å². The standard InChI is InChI=1S/C53H30N4O2/c1-2-12-32-25-35(22-21-31(32)11-1)51-54-52(36-23-24-40-39-16-6-9-19-46(39)58-48(40)29-36)56-53(55-51)37-28-45(50-41-17-7-10-20-47(41)59-49(50)30-37)57-43-18-8-5-15-38(43)42-26-33-13-3-4-14-34(33)27-44(42)57/h1-30H. The summed E-state index contributed by atoms with van der Waals surface area (Å²) in [6.07, 6.45) is 0. The molecule has 0 aliphatic rings. The van der Waals surface area contributed by atoms with E-state index in [1.807, 2.05) is 36.4 Å². The molecule has 0 N–H and O–H groups in total. The summed E-state index contributed by atoms with van der Waals surface area (Å²) in [5, 5.41) is 11.2. The summed E-state index contributed by atoms with van der Waals surface area (Å²) in [7, 11) is 0. The molecule has 4 heterocycles. The first kappa shape index (κ1) is 32.0. The Labute approximate surface area is 336 Å². The van der Waals surface area contributed by atoms with E-state index in [4.69, 9.17) is 23.8 Å². The van der Waals surface area contributed by atoms with E-state index in [9.17, 15) is 0 Å². The van der Waals surface area contributed by atoms with E-state index in [1.165, 1.54) is 21.5 Å². The zero-order valence-electron chi connectivity index (χ0n) is 31.4. The van der Waals surface area contributed by atoms with Crippen molar-refractivity contribution in [2.45, 2.75) is 0 Å². The molecule has 0 radical (unpaired) electrons. The summed E-state index contributed by atoms with van der Waals surface area (Å²) in [5.41, 5.74) is 8.95. The van der Waals surface area contributed by atoms with E-state index < -0.39 is 0 Å². The first-order chi connectivity index (χ1) is 29.2. The van der Waals surface area contributed by atoms with Crippen LogP contribution in [-0.2, 0) is 0 Å². The van der Waals surface area contributed by atoms with Crippen LogP contribution in [-0.4, -0.2) is 19.5 Å². The highest BCUT2D eigenvalue weighted by Gasteiger charge is 2.22.